The molecule has 1 saturated heterocycles. The standard InChI is InChI=1S/C16H20N2O/c1-18-10-7-16(19,8-11-18)12-13-6-9-17-15-5-3-2-4-14(13)15/h2-6,9,19H,7-8,10-12H2,1H3. The van der Waals surface area contributed by atoms with Crippen molar-refractivity contribution in [3.63, 3.8) is 0 Å². The Morgan fingerprint density at radius 1 is 1.21 bits per heavy atom. The summed E-state index contributed by atoms with van der Waals surface area (Å²) in [6.45, 7) is 1.94. The first-order valence-electron chi connectivity index (χ1n) is 6.90. The van der Waals surface area contributed by atoms with Crippen LogP contribution in [0, 0.1) is 0 Å². The first kappa shape index (κ1) is 12.6. The number of aliphatic hydroxyl groups is 1. The van der Waals surface area contributed by atoms with Crippen molar-refractivity contribution in [3.05, 3.63) is 42.1 Å². The fourth-order valence-electron chi connectivity index (χ4n) is 2.88. The van der Waals surface area contributed by atoms with Gasteiger partial charge in [0.25, 0.3) is 0 Å². The Morgan fingerprint density at radius 2 is 1.95 bits per heavy atom. The zero-order valence-electron chi connectivity index (χ0n) is 11.3. The molecule has 1 N–H and O–H groups in total. The number of benzene rings is 1. The molecule has 1 aromatic carbocycles. The Balaban J connectivity index is 1.89. The predicted octanol–water partition coefficient (Wildman–Crippen LogP) is 2.23. The highest BCUT2D eigenvalue weighted by molar-refractivity contribution is 5.81. The van der Waals surface area contributed by atoms with E-state index in [4.69, 9.17) is 0 Å². The molecular formula is C16H20N2O. The molecule has 3 nitrogen and oxygen atoms in total. The van der Waals surface area contributed by atoms with E-state index in [1.54, 1.807) is 0 Å². The topological polar surface area (TPSA) is 36.4 Å². The molecule has 0 unspecified atom stereocenters. The molecule has 3 rings (SSSR count). The molecular weight excluding hydrogens is 236 g/mol. The number of fused-ring (bicyclic) bond motifs is 1. The lowest BCUT2D eigenvalue weighted by atomic mass is 9.84. The van der Waals surface area contributed by atoms with Crippen LogP contribution < -0.4 is 0 Å². The van der Waals surface area contributed by atoms with Gasteiger partial charge in [-0.05, 0) is 37.6 Å². The number of nitrogens with zero attached hydrogens (tertiary/aromatic N) is 2. The molecule has 0 radical (unpaired) electrons. The first-order valence-corrected chi connectivity index (χ1v) is 6.90. The van der Waals surface area contributed by atoms with E-state index in [1.165, 1.54) is 5.56 Å². The van der Waals surface area contributed by atoms with Gasteiger partial charge in [0.1, 0.15) is 0 Å². The smallest absolute Gasteiger partial charge is 0.0712 e. The fourth-order valence-corrected chi connectivity index (χ4v) is 2.88. The van der Waals surface area contributed by atoms with Crippen LogP contribution in [0.15, 0.2) is 36.5 Å². The number of hydrogen-bond donors (Lipinski definition) is 1. The maximum atomic E-state index is 10.8. The van der Waals surface area contributed by atoms with Gasteiger partial charge in [0.2, 0.25) is 0 Å². The molecule has 1 aromatic heterocycles. The van der Waals surface area contributed by atoms with Gasteiger partial charge in [-0.15, -0.1) is 0 Å². The summed E-state index contributed by atoms with van der Waals surface area (Å²) in [7, 11) is 2.11. The van der Waals surface area contributed by atoms with Gasteiger partial charge in [-0.2, -0.15) is 0 Å². The summed E-state index contributed by atoms with van der Waals surface area (Å²) in [5.41, 5.74) is 1.66. The SMILES string of the molecule is CN1CCC(O)(Cc2ccnc3ccccc23)CC1. The third kappa shape index (κ3) is 2.62. The summed E-state index contributed by atoms with van der Waals surface area (Å²) in [5, 5.41) is 11.9. The molecule has 0 amide bonds. The molecule has 1 aliphatic heterocycles. The van der Waals surface area contributed by atoms with Crippen LogP contribution in [0.25, 0.3) is 10.9 Å². The van der Waals surface area contributed by atoms with Crippen molar-refractivity contribution in [1.29, 1.82) is 0 Å². The average Bonchev–Trinajstić information content (AvgIpc) is 2.43. The molecule has 0 bridgehead atoms. The van der Waals surface area contributed by atoms with Gasteiger partial charge >= 0.3 is 0 Å². The molecule has 0 spiro atoms. The highest BCUT2D eigenvalue weighted by Crippen LogP contribution is 2.28. The third-order valence-electron chi connectivity index (χ3n) is 4.18. The maximum Gasteiger partial charge on any atom is 0.0712 e. The lowest BCUT2D eigenvalue weighted by molar-refractivity contribution is -0.0147. The molecule has 0 saturated carbocycles. The van der Waals surface area contributed by atoms with Crippen molar-refractivity contribution in [2.24, 2.45) is 0 Å². The molecule has 1 fully saturated rings. The molecule has 2 heterocycles. The Bertz CT molecular complexity index is 568. The minimum absolute atomic E-state index is 0.559. The normalized spacial score (nSPS) is 19.7. The number of likely N-dealkylation sites (tertiary alicyclic amines) is 1. The molecule has 2 aromatic rings. The second-order valence-electron chi connectivity index (χ2n) is 5.69. The lowest BCUT2D eigenvalue weighted by Crippen LogP contribution is -2.44. The van der Waals surface area contributed by atoms with Gasteiger partial charge in [-0.3, -0.25) is 4.98 Å². The molecule has 0 aliphatic carbocycles. The lowest BCUT2D eigenvalue weighted by Gasteiger charge is -2.36. The van der Waals surface area contributed by atoms with E-state index >= 15 is 0 Å². The summed E-state index contributed by atoms with van der Waals surface area (Å²) in [6, 6.07) is 10.2. The molecule has 1 aliphatic rings. The van der Waals surface area contributed by atoms with Crippen LogP contribution >= 0.6 is 0 Å². The number of piperidine rings is 1. The van der Waals surface area contributed by atoms with Crippen molar-refractivity contribution in [2.45, 2.75) is 24.9 Å². The summed E-state index contributed by atoms with van der Waals surface area (Å²) in [5.74, 6) is 0. The summed E-state index contributed by atoms with van der Waals surface area (Å²) in [4.78, 5) is 6.66. The van der Waals surface area contributed by atoms with Crippen molar-refractivity contribution in [3.8, 4) is 0 Å². The van der Waals surface area contributed by atoms with Crippen molar-refractivity contribution >= 4 is 10.9 Å². The van der Waals surface area contributed by atoms with E-state index in [9.17, 15) is 5.11 Å². The van der Waals surface area contributed by atoms with Crippen LogP contribution in [0.1, 0.15) is 18.4 Å². The number of aromatic nitrogens is 1. The van der Waals surface area contributed by atoms with E-state index < -0.39 is 5.60 Å². The summed E-state index contributed by atoms with van der Waals surface area (Å²) in [6.07, 6.45) is 4.26. The first-order chi connectivity index (χ1) is 9.16. The van der Waals surface area contributed by atoms with E-state index in [0.29, 0.717) is 0 Å². The van der Waals surface area contributed by atoms with E-state index in [1.807, 2.05) is 30.5 Å². The van der Waals surface area contributed by atoms with Gasteiger partial charge < -0.3 is 10.0 Å². The van der Waals surface area contributed by atoms with Crippen LogP contribution in [0.4, 0.5) is 0 Å². The number of para-hydroxylation sites is 1. The molecule has 3 heteroatoms. The third-order valence-corrected chi connectivity index (χ3v) is 4.18. The van der Waals surface area contributed by atoms with E-state index in [0.717, 1.165) is 43.3 Å². The molecule has 100 valence electrons. The minimum atomic E-state index is -0.559. The monoisotopic (exact) mass is 256 g/mol. The van der Waals surface area contributed by atoms with Crippen LogP contribution in [-0.4, -0.2) is 40.7 Å². The van der Waals surface area contributed by atoms with Gasteiger partial charge in [-0.25, -0.2) is 0 Å². The van der Waals surface area contributed by atoms with E-state index in [2.05, 4.69) is 23.0 Å². The second-order valence-corrected chi connectivity index (χ2v) is 5.69. The predicted molar refractivity (Wildman–Crippen MR) is 77.1 cm³/mol. The Hall–Kier alpha value is -1.45. The zero-order valence-corrected chi connectivity index (χ0v) is 11.3. The highest BCUT2D eigenvalue weighted by atomic mass is 16.3. The quantitative estimate of drug-likeness (QED) is 0.895. The average molecular weight is 256 g/mol. The molecule has 19 heavy (non-hydrogen) atoms. The van der Waals surface area contributed by atoms with Gasteiger partial charge in [0.15, 0.2) is 0 Å². The largest absolute Gasteiger partial charge is 0.389 e. The van der Waals surface area contributed by atoms with Crippen LogP contribution in [0.3, 0.4) is 0 Å². The number of pyridine rings is 1. The Labute approximate surface area is 113 Å². The van der Waals surface area contributed by atoms with Gasteiger partial charge in [0.05, 0.1) is 11.1 Å². The number of hydrogen-bond acceptors (Lipinski definition) is 3. The van der Waals surface area contributed by atoms with Crippen LogP contribution in [-0.2, 0) is 6.42 Å². The number of rotatable bonds is 2. The van der Waals surface area contributed by atoms with Gasteiger partial charge in [0, 0.05) is 31.1 Å². The van der Waals surface area contributed by atoms with Crippen LogP contribution in [0.5, 0.6) is 0 Å². The van der Waals surface area contributed by atoms with Crippen molar-refractivity contribution in [1.82, 2.24) is 9.88 Å². The van der Waals surface area contributed by atoms with Crippen LogP contribution in [0.2, 0.25) is 0 Å². The van der Waals surface area contributed by atoms with Crippen molar-refractivity contribution < 1.29 is 5.11 Å². The summed E-state index contributed by atoms with van der Waals surface area (Å²) >= 11 is 0. The summed E-state index contributed by atoms with van der Waals surface area (Å²) < 4.78 is 0. The fraction of sp³-hybridized carbons (Fsp3) is 0.438. The molecule has 0 atom stereocenters. The Kier molecular flexibility index (Phi) is 3.25. The minimum Gasteiger partial charge on any atom is -0.389 e. The van der Waals surface area contributed by atoms with Gasteiger partial charge in [-0.1, -0.05) is 18.2 Å². The highest BCUT2D eigenvalue weighted by Gasteiger charge is 2.31. The maximum absolute atomic E-state index is 10.8. The zero-order chi connectivity index (χ0) is 13.3. The second kappa shape index (κ2) is 4.91. The van der Waals surface area contributed by atoms with E-state index in [-0.39, 0.29) is 0 Å². The van der Waals surface area contributed by atoms with Crippen molar-refractivity contribution in [2.75, 3.05) is 20.1 Å². The Morgan fingerprint density at radius 3 is 2.74 bits per heavy atom.